The predicted molar refractivity (Wildman–Crippen MR) is 106 cm³/mol. The Balaban J connectivity index is 1.76. The van der Waals surface area contributed by atoms with E-state index in [-0.39, 0.29) is 17.4 Å². The van der Waals surface area contributed by atoms with E-state index in [9.17, 15) is 19.7 Å². The first-order valence-electron chi connectivity index (χ1n) is 8.89. The van der Waals surface area contributed by atoms with Gasteiger partial charge in [-0.05, 0) is 38.5 Å². The number of benzene rings is 1. The molecule has 0 radical (unpaired) electrons. The zero-order chi connectivity index (χ0) is 20.6. The maximum atomic E-state index is 12.9. The van der Waals surface area contributed by atoms with Crippen molar-refractivity contribution >= 4 is 34.7 Å². The molecule has 0 bridgehead atoms. The number of nitro benzene ring substituents is 1. The molecule has 0 atom stereocenters. The van der Waals surface area contributed by atoms with Crippen molar-refractivity contribution in [2.45, 2.75) is 20.8 Å². The van der Waals surface area contributed by atoms with Crippen LogP contribution in [0, 0.1) is 24.0 Å². The van der Waals surface area contributed by atoms with E-state index in [1.165, 1.54) is 13.0 Å². The topological polar surface area (TPSA) is 99.6 Å². The standard InChI is InChI=1S/C19H21ClN4O4/c1-11-17(13(3)25)12(2)21-18(11)19(26)23-8-6-22(7-9-23)15-5-4-14(20)10-16(15)24(27)28/h4-5,10,21H,6-9H2,1-3H3. The molecular formula is C19H21ClN4O4. The van der Waals surface area contributed by atoms with E-state index in [0.29, 0.717) is 59.4 Å². The average Bonchev–Trinajstić information content (AvgIpc) is 2.95. The van der Waals surface area contributed by atoms with Gasteiger partial charge >= 0.3 is 0 Å². The average molecular weight is 405 g/mol. The Bertz CT molecular complexity index is 961. The van der Waals surface area contributed by atoms with Crippen LogP contribution in [0.4, 0.5) is 11.4 Å². The molecular weight excluding hydrogens is 384 g/mol. The summed E-state index contributed by atoms with van der Waals surface area (Å²) in [6.45, 7) is 6.80. The number of aryl methyl sites for hydroxylation is 1. The molecule has 1 N–H and O–H groups in total. The lowest BCUT2D eigenvalue weighted by Gasteiger charge is -2.35. The van der Waals surface area contributed by atoms with Crippen LogP contribution >= 0.6 is 11.6 Å². The van der Waals surface area contributed by atoms with Crippen LogP contribution in [0.15, 0.2) is 18.2 Å². The van der Waals surface area contributed by atoms with Crippen molar-refractivity contribution in [1.29, 1.82) is 0 Å². The fourth-order valence-corrected chi connectivity index (χ4v) is 3.88. The van der Waals surface area contributed by atoms with E-state index in [1.807, 2.05) is 4.90 Å². The highest BCUT2D eigenvalue weighted by Crippen LogP contribution is 2.32. The maximum Gasteiger partial charge on any atom is 0.294 e. The van der Waals surface area contributed by atoms with Gasteiger partial charge in [0.1, 0.15) is 11.4 Å². The van der Waals surface area contributed by atoms with Crippen LogP contribution in [-0.2, 0) is 0 Å². The van der Waals surface area contributed by atoms with Crippen molar-refractivity contribution in [3.8, 4) is 0 Å². The number of nitrogens with one attached hydrogen (secondary N) is 1. The second kappa shape index (κ2) is 7.63. The smallest absolute Gasteiger partial charge is 0.294 e. The summed E-state index contributed by atoms with van der Waals surface area (Å²) in [6, 6.07) is 4.59. The van der Waals surface area contributed by atoms with Crippen molar-refractivity contribution < 1.29 is 14.5 Å². The largest absolute Gasteiger partial charge is 0.362 e. The van der Waals surface area contributed by atoms with Gasteiger partial charge in [-0.25, -0.2) is 0 Å². The second-order valence-corrected chi connectivity index (χ2v) is 7.29. The Morgan fingerprint density at radius 3 is 2.36 bits per heavy atom. The van der Waals surface area contributed by atoms with Crippen molar-refractivity contribution in [3.63, 3.8) is 0 Å². The summed E-state index contributed by atoms with van der Waals surface area (Å²) in [6.07, 6.45) is 0. The monoisotopic (exact) mass is 404 g/mol. The van der Waals surface area contributed by atoms with Crippen LogP contribution in [0.5, 0.6) is 0 Å². The molecule has 3 rings (SSSR count). The van der Waals surface area contributed by atoms with Gasteiger partial charge in [-0.3, -0.25) is 19.7 Å². The molecule has 8 nitrogen and oxygen atoms in total. The highest BCUT2D eigenvalue weighted by atomic mass is 35.5. The number of halogens is 1. The molecule has 9 heteroatoms. The number of hydrogen-bond acceptors (Lipinski definition) is 5. The number of H-pyrrole nitrogens is 1. The Hall–Kier alpha value is -2.87. The minimum atomic E-state index is -0.451. The number of carbonyl (C=O) groups excluding carboxylic acids is 2. The van der Waals surface area contributed by atoms with Gasteiger partial charge in [0.25, 0.3) is 11.6 Å². The van der Waals surface area contributed by atoms with Crippen molar-refractivity contribution in [2.75, 3.05) is 31.1 Å². The third-order valence-corrected chi connectivity index (χ3v) is 5.28. The van der Waals surface area contributed by atoms with Gasteiger partial charge in [0.2, 0.25) is 0 Å². The number of amides is 1. The van der Waals surface area contributed by atoms with Gasteiger partial charge in [-0.1, -0.05) is 11.6 Å². The van der Waals surface area contributed by atoms with Crippen LogP contribution in [0.1, 0.15) is 39.0 Å². The fourth-order valence-electron chi connectivity index (χ4n) is 3.71. The van der Waals surface area contributed by atoms with E-state index in [2.05, 4.69) is 4.98 Å². The van der Waals surface area contributed by atoms with Gasteiger partial charge in [-0.2, -0.15) is 0 Å². The number of rotatable bonds is 4. The number of nitro groups is 1. The lowest BCUT2D eigenvalue weighted by atomic mass is 10.1. The van der Waals surface area contributed by atoms with Gasteiger partial charge in [-0.15, -0.1) is 0 Å². The lowest BCUT2D eigenvalue weighted by molar-refractivity contribution is -0.384. The normalized spacial score (nSPS) is 14.3. The highest BCUT2D eigenvalue weighted by Gasteiger charge is 2.29. The van der Waals surface area contributed by atoms with Gasteiger partial charge < -0.3 is 14.8 Å². The number of carbonyl (C=O) groups is 2. The van der Waals surface area contributed by atoms with Gasteiger partial charge in [0, 0.05) is 48.5 Å². The van der Waals surface area contributed by atoms with Crippen LogP contribution in [0.25, 0.3) is 0 Å². The Morgan fingerprint density at radius 2 is 1.82 bits per heavy atom. The van der Waals surface area contributed by atoms with Gasteiger partial charge in [0.15, 0.2) is 5.78 Å². The number of nitrogens with zero attached hydrogens (tertiary/aromatic N) is 3. The summed E-state index contributed by atoms with van der Waals surface area (Å²) in [5.74, 6) is -0.247. The number of aromatic nitrogens is 1. The van der Waals surface area contributed by atoms with Crippen molar-refractivity contribution in [2.24, 2.45) is 0 Å². The quantitative estimate of drug-likeness (QED) is 0.478. The van der Waals surface area contributed by atoms with E-state index < -0.39 is 4.92 Å². The predicted octanol–water partition coefficient (Wildman–Crippen LogP) is 3.36. The number of ketones is 1. The minimum Gasteiger partial charge on any atom is -0.362 e. The summed E-state index contributed by atoms with van der Waals surface area (Å²) in [5, 5.41) is 11.6. The lowest BCUT2D eigenvalue weighted by Crippen LogP contribution is -2.49. The fraction of sp³-hybridized carbons (Fsp3) is 0.368. The number of anilines is 1. The highest BCUT2D eigenvalue weighted by molar-refractivity contribution is 6.30. The Labute approximate surface area is 167 Å². The first-order chi connectivity index (χ1) is 13.2. The second-order valence-electron chi connectivity index (χ2n) is 6.85. The number of hydrogen-bond donors (Lipinski definition) is 1. The van der Waals surface area contributed by atoms with Crippen molar-refractivity contribution in [1.82, 2.24) is 9.88 Å². The summed E-state index contributed by atoms with van der Waals surface area (Å²) in [7, 11) is 0. The molecule has 0 unspecified atom stereocenters. The molecule has 1 aliphatic rings. The first kappa shape index (κ1) is 19.9. The van der Waals surface area contributed by atoms with E-state index in [0.717, 1.165) is 0 Å². The molecule has 148 valence electrons. The van der Waals surface area contributed by atoms with Gasteiger partial charge in [0.05, 0.1) is 4.92 Å². The summed E-state index contributed by atoms with van der Waals surface area (Å²) in [4.78, 5) is 42.2. The van der Waals surface area contributed by atoms with Crippen LogP contribution in [0.3, 0.4) is 0 Å². The molecule has 0 saturated carbocycles. The SMILES string of the molecule is CC(=O)c1c(C)[nH]c(C(=O)N2CCN(c3ccc(Cl)cc3[N+](=O)[O-])CC2)c1C. The molecule has 1 saturated heterocycles. The zero-order valence-corrected chi connectivity index (χ0v) is 16.7. The molecule has 1 aromatic carbocycles. The summed E-state index contributed by atoms with van der Waals surface area (Å²) >= 11 is 5.88. The molecule has 1 aromatic heterocycles. The van der Waals surface area contributed by atoms with Crippen LogP contribution in [-0.4, -0.2) is 52.7 Å². The maximum absolute atomic E-state index is 12.9. The third kappa shape index (κ3) is 3.60. The molecule has 28 heavy (non-hydrogen) atoms. The molecule has 2 aromatic rings. The van der Waals surface area contributed by atoms with E-state index in [1.54, 1.807) is 30.9 Å². The molecule has 1 aliphatic heterocycles. The molecule has 2 heterocycles. The van der Waals surface area contributed by atoms with Crippen molar-refractivity contribution in [3.05, 3.63) is 55.9 Å². The molecule has 1 amide bonds. The Kier molecular flexibility index (Phi) is 5.42. The van der Waals surface area contributed by atoms with E-state index >= 15 is 0 Å². The number of piperazine rings is 1. The molecule has 0 spiro atoms. The molecule has 1 fully saturated rings. The summed E-state index contributed by atoms with van der Waals surface area (Å²) in [5.41, 5.74) is 2.77. The molecule has 0 aliphatic carbocycles. The minimum absolute atomic E-state index is 0.0470. The summed E-state index contributed by atoms with van der Waals surface area (Å²) < 4.78 is 0. The first-order valence-corrected chi connectivity index (χ1v) is 9.26. The Morgan fingerprint density at radius 1 is 1.18 bits per heavy atom. The van der Waals surface area contributed by atoms with E-state index in [4.69, 9.17) is 11.6 Å². The zero-order valence-electron chi connectivity index (χ0n) is 15.9. The van der Waals surface area contributed by atoms with Crippen LogP contribution in [0.2, 0.25) is 5.02 Å². The third-order valence-electron chi connectivity index (χ3n) is 5.05. The number of aromatic amines is 1. The number of Topliss-reactive ketones (excluding diaryl/α,β-unsaturated/α-hetero) is 1. The van der Waals surface area contributed by atoms with Crippen LogP contribution < -0.4 is 4.90 Å².